The largest absolute Gasteiger partial charge is 0.296 e. The van der Waals surface area contributed by atoms with E-state index in [2.05, 4.69) is 28.3 Å². The van der Waals surface area contributed by atoms with Crippen molar-refractivity contribution in [2.24, 2.45) is 5.84 Å². The van der Waals surface area contributed by atoms with Crippen LogP contribution < -0.4 is 11.3 Å². The Kier molecular flexibility index (Phi) is 4.06. The van der Waals surface area contributed by atoms with E-state index in [1.54, 1.807) is 0 Å². The second-order valence-corrected chi connectivity index (χ2v) is 6.40. The molecular formula is C16H26N4. The number of hydrazine groups is 1. The molecular weight excluding hydrogens is 248 g/mol. The van der Waals surface area contributed by atoms with E-state index in [4.69, 9.17) is 5.84 Å². The Hall–Kier alpha value is -0.970. The minimum Gasteiger partial charge on any atom is -0.296 e. The number of hydrogen-bond acceptors (Lipinski definition) is 4. The number of nitrogens with zero attached hydrogens (tertiary/aromatic N) is 2. The van der Waals surface area contributed by atoms with Gasteiger partial charge in [0.15, 0.2) is 0 Å². The molecule has 2 aliphatic rings. The minimum atomic E-state index is 0.190. The Morgan fingerprint density at radius 3 is 2.50 bits per heavy atom. The van der Waals surface area contributed by atoms with Crippen molar-refractivity contribution in [3.05, 3.63) is 29.6 Å². The Balaban J connectivity index is 1.95. The average Bonchev–Trinajstić information content (AvgIpc) is 3.11. The average molecular weight is 274 g/mol. The van der Waals surface area contributed by atoms with Gasteiger partial charge in [0.25, 0.3) is 0 Å². The van der Waals surface area contributed by atoms with Crippen LogP contribution in [-0.2, 0) is 0 Å². The third-order valence-electron chi connectivity index (χ3n) is 5.14. The molecule has 3 N–H and O–H groups in total. The van der Waals surface area contributed by atoms with Crippen LogP contribution in [-0.4, -0.2) is 28.5 Å². The number of aryl methyl sites for hydroxylation is 1. The molecule has 20 heavy (non-hydrogen) atoms. The third kappa shape index (κ3) is 2.36. The molecule has 1 aromatic rings. The molecule has 1 saturated heterocycles. The van der Waals surface area contributed by atoms with Gasteiger partial charge in [0.2, 0.25) is 0 Å². The summed E-state index contributed by atoms with van der Waals surface area (Å²) in [4.78, 5) is 7.06. The maximum Gasteiger partial charge on any atom is 0.0659 e. The molecule has 1 aliphatic heterocycles. The van der Waals surface area contributed by atoms with E-state index in [0.717, 1.165) is 0 Å². The number of hydrogen-bond donors (Lipinski definition) is 2. The zero-order chi connectivity index (χ0) is 14.0. The molecule has 1 atom stereocenters. The fourth-order valence-corrected chi connectivity index (χ4v) is 4.23. The summed E-state index contributed by atoms with van der Waals surface area (Å²) in [5.74, 6) is 5.98. The van der Waals surface area contributed by atoms with Crippen LogP contribution in [0.4, 0.5) is 0 Å². The predicted octanol–water partition coefficient (Wildman–Crippen LogP) is 2.30. The minimum absolute atomic E-state index is 0.190. The van der Waals surface area contributed by atoms with Crippen molar-refractivity contribution in [1.29, 1.82) is 0 Å². The first-order valence-electron chi connectivity index (χ1n) is 7.89. The van der Waals surface area contributed by atoms with Gasteiger partial charge in [0, 0.05) is 17.9 Å². The number of pyridine rings is 1. The summed E-state index contributed by atoms with van der Waals surface area (Å²) in [6.45, 7) is 4.54. The van der Waals surface area contributed by atoms with E-state index in [9.17, 15) is 0 Å². The van der Waals surface area contributed by atoms with Crippen LogP contribution in [0.25, 0.3) is 0 Å². The van der Waals surface area contributed by atoms with Gasteiger partial charge in [-0.25, -0.2) is 0 Å². The molecule has 2 fully saturated rings. The molecule has 0 spiro atoms. The monoisotopic (exact) mass is 274 g/mol. The summed E-state index contributed by atoms with van der Waals surface area (Å²) in [6.07, 6.45) is 11.7. The van der Waals surface area contributed by atoms with Gasteiger partial charge in [0.1, 0.15) is 0 Å². The van der Waals surface area contributed by atoms with Gasteiger partial charge >= 0.3 is 0 Å². The lowest BCUT2D eigenvalue weighted by atomic mass is 9.82. The molecule has 0 amide bonds. The summed E-state index contributed by atoms with van der Waals surface area (Å²) in [6, 6.07) is 2.42. The molecule has 0 bridgehead atoms. The van der Waals surface area contributed by atoms with Crippen molar-refractivity contribution >= 4 is 0 Å². The lowest BCUT2D eigenvalue weighted by molar-refractivity contribution is 0.0763. The van der Waals surface area contributed by atoms with Gasteiger partial charge in [-0.05, 0) is 56.8 Å². The van der Waals surface area contributed by atoms with Gasteiger partial charge in [-0.1, -0.05) is 18.9 Å². The van der Waals surface area contributed by atoms with Crippen LogP contribution >= 0.6 is 0 Å². The molecule has 1 saturated carbocycles. The zero-order valence-corrected chi connectivity index (χ0v) is 12.4. The molecule has 0 aromatic carbocycles. The first-order chi connectivity index (χ1) is 9.76. The van der Waals surface area contributed by atoms with Gasteiger partial charge in [-0.15, -0.1) is 0 Å². The molecule has 1 aliphatic carbocycles. The number of rotatable bonds is 4. The van der Waals surface area contributed by atoms with Crippen molar-refractivity contribution in [1.82, 2.24) is 15.3 Å². The van der Waals surface area contributed by atoms with Gasteiger partial charge in [-0.3, -0.25) is 21.2 Å². The maximum absolute atomic E-state index is 5.98. The Labute approximate surface area is 121 Å². The molecule has 4 nitrogen and oxygen atoms in total. The number of nitrogens with two attached hydrogens (primary N) is 1. The first kappa shape index (κ1) is 14.0. The molecule has 110 valence electrons. The fourth-order valence-electron chi connectivity index (χ4n) is 4.23. The smallest absolute Gasteiger partial charge is 0.0659 e. The predicted molar refractivity (Wildman–Crippen MR) is 81.0 cm³/mol. The number of likely N-dealkylation sites (tertiary alicyclic amines) is 1. The Bertz CT molecular complexity index is 448. The van der Waals surface area contributed by atoms with E-state index in [-0.39, 0.29) is 11.6 Å². The molecule has 3 rings (SSSR count). The summed E-state index contributed by atoms with van der Waals surface area (Å²) in [5, 5.41) is 0. The van der Waals surface area contributed by atoms with Crippen LogP contribution in [0, 0.1) is 6.92 Å². The number of aromatic nitrogens is 1. The molecule has 0 radical (unpaired) electrons. The van der Waals surface area contributed by atoms with Crippen LogP contribution in [0.1, 0.15) is 55.7 Å². The van der Waals surface area contributed by atoms with Crippen LogP contribution in [0.5, 0.6) is 0 Å². The van der Waals surface area contributed by atoms with Crippen LogP contribution in [0.15, 0.2) is 18.5 Å². The Morgan fingerprint density at radius 1 is 1.20 bits per heavy atom. The normalized spacial score (nSPS) is 24.1. The maximum atomic E-state index is 5.98. The second-order valence-electron chi connectivity index (χ2n) is 6.40. The standard InChI is InChI=1S/C16H26N4/c1-13-10-14(12-18-11-13)15(19-17)16(6-2-3-7-16)20-8-4-5-9-20/h10-12,15,19H,2-9,17H2,1H3. The summed E-state index contributed by atoms with van der Waals surface area (Å²) in [7, 11) is 0. The molecule has 4 heteroatoms. The van der Waals surface area contributed by atoms with Crippen molar-refractivity contribution in [3.8, 4) is 0 Å². The highest BCUT2D eigenvalue weighted by atomic mass is 15.3. The van der Waals surface area contributed by atoms with Crippen molar-refractivity contribution in [3.63, 3.8) is 0 Å². The van der Waals surface area contributed by atoms with E-state index in [1.165, 1.54) is 62.7 Å². The van der Waals surface area contributed by atoms with E-state index < -0.39 is 0 Å². The van der Waals surface area contributed by atoms with Crippen LogP contribution in [0.3, 0.4) is 0 Å². The third-order valence-corrected chi connectivity index (χ3v) is 5.14. The summed E-state index contributed by atoms with van der Waals surface area (Å²) in [5.41, 5.74) is 5.76. The van der Waals surface area contributed by atoms with Crippen molar-refractivity contribution in [2.45, 2.75) is 57.0 Å². The van der Waals surface area contributed by atoms with Crippen molar-refractivity contribution < 1.29 is 0 Å². The molecule has 2 heterocycles. The van der Waals surface area contributed by atoms with E-state index in [0.29, 0.717) is 0 Å². The highest BCUT2D eigenvalue weighted by molar-refractivity contribution is 5.25. The molecule has 1 unspecified atom stereocenters. The summed E-state index contributed by atoms with van der Waals surface area (Å²) >= 11 is 0. The van der Waals surface area contributed by atoms with Crippen molar-refractivity contribution in [2.75, 3.05) is 13.1 Å². The summed E-state index contributed by atoms with van der Waals surface area (Å²) < 4.78 is 0. The first-order valence-corrected chi connectivity index (χ1v) is 7.89. The molecule has 1 aromatic heterocycles. The topological polar surface area (TPSA) is 54.2 Å². The van der Waals surface area contributed by atoms with Crippen LogP contribution in [0.2, 0.25) is 0 Å². The SMILES string of the molecule is Cc1cncc(C(NN)C2(N3CCCC3)CCCC2)c1. The highest BCUT2D eigenvalue weighted by Gasteiger charge is 2.47. The van der Waals surface area contributed by atoms with Gasteiger partial charge in [-0.2, -0.15) is 0 Å². The quantitative estimate of drug-likeness (QED) is 0.653. The van der Waals surface area contributed by atoms with Gasteiger partial charge in [0.05, 0.1) is 6.04 Å². The lowest BCUT2D eigenvalue weighted by Gasteiger charge is -2.45. The second kappa shape index (κ2) is 5.80. The lowest BCUT2D eigenvalue weighted by Crippen LogP contribution is -2.55. The van der Waals surface area contributed by atoms with E-state index in [1.807, 2.05) is 12.4 Å². The Morgan fingerprint density at radius 2 is 1.90 bits per heavy atom. The highest BCUT2D eigenvalue weighted by Crippen LogP contribution is 2.45. The van der Waals surface area contributed by atoms with Gasteiger partial charge < -0.3 is 0 Å². The number of nitrogens with one attached hydrogen (secondary N) is 1. The zero-order valence-electron chi connectivity index (χ0n) is 12.4. The van der Waals surface area contributed by atoms with E-state index >= 15 is 0 Å². The fraction of sp³-hybridized carbons (Fsp3) is 0.688.